The van der Waals surface area contributed by atoms with Gasteiger partial charge in [-0.15, -0.1) is 0 Å². The molecule has 0 radical (unpaired) electrons. The van der Waals surface area contributed by atoms with Crippen LogP contribution in [0, 0.1) is 23.7 Å². The van der Waals surface area contributed by atoms with Gasteiger partial charge in [0.1, 0.15) is 0 Å². The molecule has 2 nitrogen and oxygen atoms in total. The van der Waals surface area contributed by atoms with E-state index in [1.165, 1.54) is 87.0 Å². The van der Waals surface area contributed by atoms with Crippen LogP contribution in [0.3, 0.4) is 0 Å². The zero-order valence-electron chi connectivity index (χ0n) is 33.6. The van der Waals surface area contributed by atoms with Crippen molar-refractivity contribution in [2.24, 2.45) is 23.7 Å². The Labute approximate surface area is 351 Å². The number of hydrogen-bond donors (Lipinski definition) is 0. The van der Waals surface area contributed by atoms with Crippen molar-refractivity contribution in [3.63, 3.8) is 0 Å². The van der Waals surface area contributed by atoms with E-state index in [4.69, 9.17) is 9.97 Å². The lowest BCUT2D eigenvalue weighted by Crippen LogP contribution is -2.55. The Hall–Kier alpha value is -6.64. The molecule has 4 fully saturated rings. The first-order valence-electron chi connectivity index (χ1n) is 22.0. The van der Waals surface area contributed by atoms with Crippen molar-refractivity contribution in [1.82, 2.24) is 9.97 Å². The highest BCUT2D eigenvalue weighted by atomic mass is 14.9. The summed E-state index contributed by atoms with van der Waals surface area (Å²) in [5, 5.41) is 5.29. The lowest BCUT2D eigenvalue weighted by molar-refractivity contribution is -0.0398. The second-order valence-electron chi connectivity index (χ2n) is 18.1. The van der Waals surface area contributed by atoms with Gasteiger partial charge in [0.25, 0.3) is 0 Å². The molecule has 5 aliphatic carbocycles. The van der Waals surface area contributed by atoms with Crippen LogP contribution in [0.25, 0.3) is 88.8 Å². The molecule has 4 saturated carbocycles. The van der Waals surface area contributed by atoms with Gasteiger partial charge >= 0.3 is 0 Å². The molecule has 0 N–H and O–H groups in total. The van der Waals surface area contributed by atoms with Gasteiger partial charge in [-0.2, -0.15) is 0 Å². The third-order valence-corrected chi connectivity index (χ3v) is 15.1. The second-order valence-corrected chi connectivity index (χ2v) is 18.1. The van der Waals surface area contributed by atoms with Crippen molar-refractivity contribution < 1.29 is 0 Å². The summed E-state index contributed by atoms with van der Waals surface area (Å²) in [5.74, 6) is 3.95. The average Bonchev–Trinajstić information content (AvgIpc) is 3.59. The van der Waals surface area contributed by atoms with Gasteiger partial charge in [-0.1, -0.05) is 164 Å². The van der Waals surface area contributed by atoms with Crippen molar-refractivity contribution in [2.45, 2.75) is 37.5 Å². The molecule has 8 aromatic carbocycles. The SMILES string of the molecule is c1ccc(-c2cc(-c3ccc(-c4ccc5ccccc5c4-c4cccc5c4-c4cc6ccccc6cc4C54C5CC6CC(C5)CC4C6)cc3)nc(-c3ccccc3)n2)cc1. The van der Waals surface area contributed by atoms with Crippen LogP contribution in [0.15, 0.2) is 182 Å². The van der Waals surface area contributed by atoms with E-state index in [0.29, 0.717) is 11.8 Å². The zero-order valence-corrected chi connectivity index (χ0v) is 33.6. The van der Waals surface area contributed by atoms with Crippen molar-refractivity contribution in [2.75, 3.05) is 0 Å². The van der Waals surface area contributed by atoms with Gasteiger partial charge in [0, 0.05) is 22.1 Å². The van der Waals surface area contributed by atoms with Gasteiger partial charge in [0.05, 0.1) is 11.4 Å². The normalized spacial score (nSPS) is 22.1. The molecule has 2 heteroatoms. The summed E-state index contributed by atoms with van der Waals surface area (Å²) in [7, 11) is 0. The van der Waals surface area contributed by atoms with E-state index in [1.807, 2.05) is 6.07 Å². The summed E-state index contributed by atoms with van der Waals surface area (Å²) in [6, 6.07) is 67.3. The molecule has 14 rings (SSSR count). The quantitative estimate of drug-likeness (QED) is 0.174. The number of aromatic nitrogens is 2. The summed E-state index contributed by atoms with van der Waals surface area (Å²) in [6.07, 6.45) is 6.96. The van der Waals surface area contributed by atoms with Gasteiger partial charge in [-0.05, 0) is 140 Å². The van der Waals surface area contributed by atoms with Gasteiger partial charge in [0.15, 0.2) is 5.82 Å². The van der Waals surface area contributed by atoms with E-state index < -0.39 is 0 Å². The molecule has 0 saturated heterocycles. The number of rotatable bonds is 5. The smallest absolute Gasteiger partial charge is 0.160 e. The Balaban J connectivity index is 1.00. The van der Waals surface area contributed by atoms with Crippen LogP contribution in [0.5, 0.6) is 0 Å². The van der Waals surface area contributed by atoms with E-state index in [-0.39, 0.29) is 5.41 Å². The van der Waals surface area contributed by atoms with E-state index in [2.05, 4.69) is 176 Å². The Morgan fingerprint density at radius 1 is 0.367 bits per heavy atom. The fourth-order valence-corrected chi connectivity index (χ4v) is 12.8. The Morgan fingerprint density at radius 3 is 1.65 bits per heavy atom. The molecular formula is C58H44N2. The number of nitrogens with zero attached hydrogens (tertiary/aromatic N) is 2. The monoisotopic (exact) mass is 768 g/mol. The van der Waals surface area contributed by atoms with Gasteiger partial charge in [-0.3, -0.25) is 0 Å². The van der Waals surface area contributed by atoms with Gasteiger partial charge in [-0.25, -0.2) is 9.97 Å². The topological polar surface area (TPSA) is 25.8 Å². The first-order valence-corrected chi connectivity index (χ1v) is 22.0. The molecule has 0 atom stereocenters. The third kappa shape index (κ3) is 5.07. The lowest BCUT2D eigenvalue weighted by Gasteiger charge is -2.61. The van der Waals surface area contributed by atoms with E-state index in [9.17, 15) is 0 Å². The van der Waals surface area contributed by atoms with Gasteiger partial charge in [0.2, 0.25) is 0 Å². The average molecular weight is 769 g/mol. The fourth-order valence-electron chi connectivity index (χ4n) is 12.8. The van der Waals surface area contributed by atoms with E-state index >= 15 is 0 Å². The predicted molar refractivity (Wildman–Crippen MR) is 247 cm³/mol. The molecule has 5 aliphatic rings. The molecule has 1 spiro atoms. The minimum atomic E-state index is 0.0826. The fraction of sp³-hybridized carbons (Fsp3) is 0.172. The highest BCUT2D eigenvalue weighted by Gasteiger charge is 2.61. The molecule has 9 aromatic rings. The number of benzene rings is 8. The highest BCUT2D eigenvalue weighted by Crippen LogP contribution is 2.70. The third-order valence-electron chi connectivity index (χ3n) is 15.1. The molecule has 4 bridgehead atoms. The van der Waals surface area contributed by atoms with E-state index in [1.54, 1.807) is 11.1 Å². The second kappa shape index (κ2) is 13.2. The largest absolute Gasteiger partial charge is 0.228 e. The van der Waals surface area contributed by atoms with Crippen molar-refractivity contribution in [1.29, 1.82) is 0 Å². The van der Waals surface area contributed by atoms with Crippen LogP contribution in [0.4, 0.5) is 0 Å². The summed E-state index contributed by atoms with van der Waals surface area (Å²) in [4.78, 5) is 10.2. The van der Waals surface area contributed by atoms with Crippen molar-refractivity contribution in [3.05, 3.63) is 193 Å². The zero-order chi connectivity index (χ0) is 39.4. The van der Waals surface area contributed by atoms with Crippen LogP contribution in [-0.4, -0.2) is 9.97 Å². The molecule has 0 aliphatic heterocycles. The molecule has 60 heavy (non-hydrogen) atoms. The summed E-state index contributed by atoms with van der Waals surface area (Å²) < 4.78 is 0. The van der Waals surface area contributed by atoms with Crippen LogP contribution in [0.1, 0.15) is 43.2 Å². The molecule has 1 heterocycles. The Morgan fingerprint density at radius 2 is 0.950 bits per heavy atom. The van der Waals surface area contributed by atoms with Crippen molar-refractivity contribution in [3.8, 4) is 67.3 Å². The first-order chi connectivity index (χ1) is 29.7. The molecule has 1 aromatic heterocycles. The summed E-state index contributed by atoms with van der Waals surface area (Å²) >= 11 is 0. The summed E-state index contributed by atoms with van der Waals surface area (Å²) in [6.45, 7) is 0. The Kier molecular flexibility index (Phi) is 7.52. The minimum absolute atomic E-state index is 0.0826. The maximum Gasteiger partial charge on any atom is 0.160 e. The van der Waals surface area contributed by atoms with E-state index in [0.717, 1.165) is 45.7 Å². The Bertz CT molecular complexity index is 3060. The molecule has 0 amide bonds. The summed E-state index contributed by atoms with van der Waals surface area (Å²) in [5.41, 5.74) is 16.4. The van der Waals surface area contributed by atoms with Crippen LogP contribution >= 0.6 is 0 Å². The standard InChI is InChI=1S/C58H44N2/c1-3-13-40(14-4-1)53-35-54(60-57(59-53)42-15-5-2-6-16-42)41-24-22-39(23-25-41)48-27-26-38-12-9-10-19-47(38)55(48)49-20-11-21-51-56(49)50-33-43-17-7-8-18-44(43)34-52(50)58(51)45-29-36-28-37(31-45)32-46(58)30-36/h1-27,33-37,45-46H,28-32H2. The highest BCUT2D eigenvalue weighted by molar-refractivity contribution is 6.09. The molecular weight excluding hydrogens is 725 g/mol. The molecule has 0 unspecified atom stereocenters. The predicted octanol–water partition coefficient (Wildman–Crippen LogP) is 14.8. The van der Waals surface area contributed by atoms with Crippen LogP contribution in [-0.2, 0) is 5.41 Å². The maximum absolute atomic E-state index is 5.15. The number of hydrogen-bond acceptors (Lipinski definition) is 2. The molecule has 286 valence electrons. The van der Waals surface area contributed by atoms with Crippen LogP contribution in [0.2, 0.25) is 0 Å². The van der Waals surface area contributed by atoms with Gasteiger partial charge < -0.3 is 0 Å². The van der Waals surface area contributed by atoms with Crippen molar-refractivity contribution >= 4 is 21.5 Å². The maximum atomic E-state index is 5.15. The first kappa shape index (κ1) is 34.2. The minimum Gasteiger partial charge on any atom is -0.228 e. The lowest BCUT2D eigenvalue weighted by atomic mass is 9.43. The number of fused-ring (bicyclic) bond motifs is 5. The van der Waals surface area contributed by atoms with Crippen LogP contribution < -0.4 is 0 Å².